The minimum atomic E-state index is -4.33. The number of ketones is 2. The Labute approximate surface area is 661 Å². The van der Waals surface area contributed by atoms with E-state index in [0.717, 1.165) is 40.5 Å². The molecule has 0 radical (unpaired) electrons. The Morgan fingerprint density at radius 2 is 1.08 bits per heavy atom. The van der Waals surface area contributed by atoms with Gasteiger partial charge in [0.2, 0.25) is 40.9 Å². The third kappa shape index (κ3) is 20.5. The molecule has 616 valence electrons. The van der Waals surface area contributed by atoms with Crippen molar-refractivity contribution < 1.29 is 89.3 Å². The fourth-order valence-corrected chi connectivity index (χ4v) is 15.3. The summed E-state index contributed by atoms with van der Waals surface area (Å²) in [6.45, 7) is 19.0. The van der Waals surface area contributed by atoms with Crippen LogP contribution in [0, 0.1) is 61.2 Å². The Kier molecular flexibility index (Phi) is 30.5. The molecule has 8 amide bonds. The zero-order valence-electron chi connectivity index (χ0n) is 67.0. The van der Waals surface area contributed by atoms with Gasteiger partial charge in [0.15, 0.2) is 22.9 Å². The van der Waals surface area contributed by atoms with E-state index in [1.54, 1.807) is 62.3 Å². The molecule has 0 aromatic heterocycles. The number of nitrogen functional groups attached to an aromatic ring is 1. The summed E-state index contributed by atoms with van der Waals surface area (Å²) in [4.78, 5) is 197. The summed E-state index contributed by atoms with van der Waals surface area (Å²) in [6, 6.07) is 8.72. The molecular formula is C81H107ClF3N11O17. The van der Waals surface area contributed by atoms with E-state index in [4.69, 9.17) is 29.3 Å². The minimum absolute atomic E-state index is 0. The van der Waals surface area contributed by atoms with Crippen molar-refractivity contribution >= 4 is 100.0 Å². The predicted molar refractivity (Wildman–Crippen MR) is 415 cm³/mol. The summed E-state index contributed by atoms with van der Waals surface area (Å²) in [6.07, 6.45) is -4.46. The van der Waals surface area contributed by atoms with Gasteiger partial charge in [-0.05, 0) is 132 Å². The summed E-state index contributed by atoms with van der Waals surface area (Å²) < 4.78 is 61.9. The largest absolute Gasteiger partial charge is 0.486 e. The van der Waals surface area contributed by atoms with E-state index in [1.165, 1.54) is 83.0 Å². The SMILES string of the molecule is CNCCC(Oc1ccc(C(F)(F)F)cc1)c1ccccc1.Cc1c2oc3c(C)ccc(C(=O)NC4C(=O)NC(C(C)C)C(=O)C5CCCC5C(=O)N(C)CC(=O)N(C)C(C(C)C)C(=O)OC4C)c3nc-2c(C(=O)NC2C(=O)NC(C(C)C)C(=O)C3CCCC3C(=O)N(C)CC(=O)N(C)C(C(C)C)C(=O)OC2C)c(N)c1=O.Cl. The highest BCUT2D eigenvalue weighted by atomic mass is 35.5. The number of halogens is 4. The number of Topliss-reactive ketones (excluding diaryl/α,β-unsaturated/α-hetero) is 2. The van der Waals surface area contributed by atoms with Gasteiger partial charge in [-0.15, -0.1) is 12.4 Å². The minimum Gasteiger partial charge on any atom is -0.486 e. The van der Waals surface area contributed by atoms with Crippen molar-refractivity contribution in [1.82, 2.24) is 51.2 Å². The second-order valence-corrected chi connectivity index (χ2v) is 31.2. The molecule has 6 aliphatic rings. The number of esters is 2. The predicted octanol–water partition coefficient (Wildman–Crippen LogP) is 7.57. The van der Waals surface area contributed by atoms with Crippen LogP contribution >= 0.6 is 12.4 Å². The Hall–Kier alpha value is -10.0. The smallest absolute Gasteiger partial charge is 0.416 e. The molecule has 3 aliphatic carbocycles. The van der Waals surface area contributed by atoms with E-state index in [9.17, 15) is 65.9 Å². The zero-order valence-corrected chi connectivity index (χ0v) is 67.8. The van der Waals surface area contributed by atoms with Gasteiger partial charge in [0.05, 0.1) is 47.6 Å². The van der Waals surface area contributed by atoms with Crippen molar-refractivity contribution in [1.29, 1.82) is 0 Å². The van der Waals surface area contributed by atoms with E-state index in [1.807, 2.05) is 37.4 Å². The van der Waals surface area contributed by atoms with Crippen LogP contribution < -0.4 is 42.5 Å². The number of hydrogen-bond acceptors (Lipinski definition) is 20. The van der Waals surface area contributed by atoms with E-state index in [-0.39, 0.29) is 52.2 Å². The number of benzene rings is 4. The molecule has 3 aliphatic heterocycles. The summed E-state index contributed by atoms with van der Waals surface area (Å²) >= 11 is 0. The first kappa shape index (κ1) is 90.2. The van der Waals surface area contributed by atoms with Crippen molar-refractivity contribution in [2.45, 2.75) is 189 Å². The number of aromatic nitrogens is 1. The van der Waals surface area contributed by atoms with Gasteiger partial charge in [-0.25, -0.2) is 14.6 Å². The lowest BCUT2D eigenvalue weighted by atomic mass is 9.83. The van der Waals surface area contributed by atoms with Crippen LogP contribution in [0.25, 0.3) is 22.6 Å². The van der Waals surface area contributed by atoms with Gasteiger partial charge >= 0.3 is 18.1 Å². The maximum absolute atomic E-state index is 15.2. The van der Waals surface area contributed by atoms with Crippen molar-refractivity contribution in [2.75, 3.05) is 60.6 Å². The van der Waals surface area contributed by atoms with Crippen LogP contribution in [0.4, 0.5) is 18.9 Å². The lowest BCUT2D eigenvalue weighted by Gasteiger charge is -2.35. The van der Waals surface area contributed by atoms with Gasteiger partial charge in [-0.1, -0.05) is 105 Å². The van der Waals surface area contributed by atoms with Crippen LogP contribution in [0.15, 0.2) is 75.9 Å². The van der Waals surface area contributed by atoms with Crippen LogP contribution in [0.5, 0.6) is 5.75 Å². The van der Waals surface area contributed by atoms with Crippen LogP contribution in [-0.4, -0.2) is 199 Å². The fourth-order valence-electron chi connectivity index (χ4n) is 15.3. The number of hydrogen-bond donors (Lipinski definition) is 6. The highest BCUT2D eigenvalue weighted by Crippen LogP contribution is 2.40. The van der Waals surface area contributed by atoms with Gasteiger partial charge in [-0.3, -0.25) is 52.7 Å². The summed E-state index contributed by atoms with van der Waals surface area (Å²) in [5, 5.41) is 13.9. The molecule has 13 atom stereocenters. The van der Waals surface area contributed by atoms with Gasteiger partial charge in [0.1, 0.15) is 59.4 Å². The number of amides is 8. The Balaban J connectivity index is 0.000000658. The Bertz CT molecular complexity index is 4390. The van der Waals surface area contributed by atoms with Crippen LogP contribution in [0.2, 0.25) is 0 Å². The Morgan fingerprint density at radius 1 is 0.628 bits per heavy atom. The van der Waals surface area contributed by atoms with Gasteiger partial charge in [0.25, 0.3) is 11.8 Å². The van der Waals surface area contributed by atoms with E-state index in [0.29, 0.717) is 49.8 Å². The molecular weight excluding hydrogens is 1490 g/mol. The number of likely N-dealkylation sites (N-methyl/N-ethyl adjacent to an activating group) is 4. The van der Waals surface area contributed by atoms with Gasteiger partial charge in [0, 0.05) is 63.8 Å². The molecule has 32 heteroatoms. The van der Waals surface area contributed by atoms with E-state index >= 15 is 9.59 Å². The fraction of sp³-hybridized carbons (Fsp3) is 0.556. The normalized spacial score (nSPS) is 24.7. The molecule has 0 spiro atoms. The van der Waals surface area contributed by atoms with E-state index < -0.39 is 208 Å². The van der Waals surface area contributed by atoms with Crippen molar-refractivity contribution in [3.8, 4) is 17.2 Å². The number of rotatable bonds is 14. The third-order valence-corrected chi connectivity index (χ3v) is 21.6. The molecule has 0 bridgehead atoms. The first-order valence-corrected chi connectivity index (χ1v) is 38.0. The molecule has 3 heterocycles. The van der Waals surface area contributed by atoms with Crippen molar-refractivity contribution in [3.05, 3.63) is 110 Å². The summed E-state index contributed by atoms with van der Waals surface area (Å²) in [5.41, 5.74) is 3.99. The van der Waals surface area contributed by atoms with Gasteiger partial charge < -0.3 is 70.5 Å². The van der Waals surface area contributed by atoms with Crippen LogP contribution in [0.3, 0.4) is 0 Å². The number of ether oxygens (including phenoxy) is 3. The number of nitrogens with zero attached hydrogens (tertiary/aromatic N) is 5. The second kappa shape index (κ2) is 38.2. The maximum Gasteiger partial charge on any atom is 0.416 e. The summed E-state index contributed by atoms with van der Waals surface area (Å²) in [5.74, 6) is -14.5. The lowest BCUT2D eigenvalue weighted by Crippen LogP contribution is -2.59. The topological polar surface area (TPSA) is 375 Å². The van der Waals surface area contributed by atoms with Crippen molar-refractivity contribution in [2.24, 2.45) is 47.3 Å². The van der Waals surface area contributed by atoms with Crippen LogP contribution in [-0.2, 0) is 63.6 Å². The first-order chi connectivity index (χ1) is 52.6. The summed E-state index contributed by atoms with van der Waals surface area (Å²) in [7, 11) is 7.51. The number of alkyl halides is 3. The average Bonchev–Trinajstić information content (AvgIpc) is 1.16. The molecule has 2 saturated heterocycles. The third-order valence-electron chi connectivity index (χ3n) is 21.6. The maximum atomic E-state index is 15.2. The number of aryl methyl sites for hydroxylation is 1. The van der Waals surface area contributed by atoms with Crippen molar-refractivity contribution in [3.63, 3.8) is 0 Å². The van der Waals surface area contributed by atoms with Crippen LogP contribution in [0.1, 0.15) is 163 Å². The number of anilines is 1. The Morgan fingerprint density at radius 3 is 1.51 bits per heavy atom. The number of fused-ring (bicyclic) bond motifs is 4. The lowest BCUT2D eigenvalue weighted by molar-refractivity contribution is -0.163. The highest BCUT2D eigenvalue weighted by Gasteiger charge is 2.48. The first-order valence-electron chi connectivity index (χ1n) is 38.0. The standard InChI is InChI=1S/C64H88N10O16.C17H18F3NO.ClH/c1-27(2)44-53(78)35-19-17-21-37(35)61(84)71(13)25-40(75)73(15)50(29(5)6)63(86)88-33(11)46(59(82)67-44)69-57(80)39-24-23-31(9)55-48(39)66-49-42(43(65)52(77)32(10)56(49)90-55)58(81)70-47-34(12)89-64(87)51(30(7)8)74(16)41(76)26-72(14)62(85)38-22-18-20-36(38)54(79)45(28(3)4)68-60(47)83;1-21-12-11-16(13-5-3-2-4-6-13)22-15-9-7-14(8-10-15)17(18,19)20;/h23-24,27-30,33-38,44-47,50-51H,17-22,25-26,65H2,1-16H3,(H,67,82)(H,68,83)(H,69,80)(H,70,81);2-10,16,21H,11-12H2,1H3;1H. The monoisotopic (exact) mass is 1600 g/mol. The molecule has 3 aromatic carbocycles. The quantitative estimate of drug-likeness (QED) is 0.0354. The molecule has 4 fully saturated rings. The molecule has 2 saturated carbocycles. The van der Waals surface area contributed by atoms with E-state index in [2.05, 4.69) is 26.6 Å². The highest BCUT2D eigenvalue weighted by molar-refractivity contribution is 6.11. The number of carbonyl (C=O) groups excluding carboxylic acids is 12. The molecule has 113 heavy (non-hydrogen) atoms. The number of carbonyl (C=O) groups is 12. The van der Waals surface area contributed by atoms with Gasteiger partial charge in [-0.2, -0.15) is 13.2 Å². The molecule has 9 rings (SSSR count). The molecule has 28 nitrogen and oxygen atoms in total. The molecule has 13 unspecified atom stereocenters. The second-order valence-electron chi connectivity index (χ2n) is 31.2. The molecule has 7 N–H and O–H groups in total. The zero-order chi connectivity index (χ0) is 83.0. The molecule has 3 aromatic rings. The average molecular weight is 1600 g/mol. The number of nitrogens with one attached hydrogen (secondary N) is 5. The number of cyclic esters (lactones) is 2. The number of nitrogens with two attached hydrogens (primary N) is 1.